The molecule has 2 N–H and O–H groups in total. The minimum Gasteiger partial charge on any atom is -0.481 e. The van der Waals surface area contributed by atoms with E-state index in [0.717, 1.165) is 35.8 Å². The van der Waals surface area contributed by atoms with Gasteiger partial charge in [-0.1, -0.05) is 36.1 Å². The van der Waals surface area contributed by atoms with Crippen LogP contribution in [0.25, 0.3) is 9.40 Å². The summed E-state index contributed by atoms with van der Waals surface area (Å²) in [6.45, 7) is 5.81. The molecule has 0 saturated heterocycles. The molecule has 0 radical (unpaired) electrons. The van der Waals surface area contributed by atoms with Crippen molar-refractivity contribution in [3.8, 4) is 11.8 Å². The number of carbonyl (C=O) groups is 2. The number of carboxylic acids is 1. The number of nitrogens with zero attached hydrogens (tertiary/aromatic N) is 2. The number of benzene rings is 1. The van der Waals surface area contributed by atoms with Crippen LogP contribution in [0.15, 0.2) is 36.5 Å². The highest BCUT2D eigenvalue weighted by atomic mass is 32.2. The number of aliphatic carboxylic acids is 1. The number of hydrogen-bond donors (Lipinski definition) is 2. The number of hydrogen-bond acceptors (Lipinski definition) is 6. The van der Waals surface area contributed by atoms with Crippen LogP contribution in [0.4, 0.5) is 10.6 Å². The lowest BCUT2D eigenvalue weighted by Crippen LogP contribution is -2.18. The zero-order valence-electron chi connectivity index (χ0n) is 20.3. The molecule has 1 aromatic carbocycles. The average molecular weight is 520 g/mol. The van der Waals surface area contributed by atoms with Crippen molar-refractivity contribution in [3.63, 3.8) is 0 Å². The minimum atomic E-state index is -0.733. The predicted molar refractivity (Wildman–Crippen MR) is 142 cm³/mol. The highest BCUT2D eigenvalue weighted by Crippen LogP contribution is 2.54. The van der Waals surface area contributed by atoms with Crippen molar-refractivity contribution < 1.29 is 19.4 Å². The highest BCUT2D eigenvalue weighted by Gasteiger charge is 2.53. The maximum absolute atomic E-state index is 12.6. The van der Waals surface area contributed by atoms with E-state index in [2.05, 4.69) is 22.3 Å². The van der Waals surface area contributed by atoms with Gasteiger partial charge in [-0.2, -0.15) is 5.10 Å². The van der Waals surface area contributed by atoms with Crippen molar-refractivity contribution in [1.82, 2.24) is 9.78 Å². The Morgan fingerprint density at radius 2 is 1.97 bits per heavy atom. The van der Waals surface area contributed by atoms with E-state index < -0.39 is 23.6 Å². The second-order valence-corrected chi connectivity index (χ2v) is 11.4. The van der Waals surface area contributed by atoms with E-state index in [-0.39, 0.29) is 0 Å². The van der Waals surface area contributed by atoms with Crippen molar-refractivity contribution in [2.24, 2.45) is 7.05 Å². The summed E-state index contributed by atoms with van der Waals surface area (Å²) >= 11 is 3.12. The SMILES string of the molecule is Cc1ccccc1C(C)OC(=O)Nc1c(C#Cc2cc3c(C)c(C4(C(=O)O)CC4)sc3s2)cnn1C. The number of anilines is 1. The van der Waals surface area contributed by atoms with E-state index in [4.69, 9.17) is 4.74 Å². The fourth-order valence-corrected chi connectivity index (χ4v) is 7.13. The quantitative estimate of drug-likeness (QED) is 0.309. The predicted octanol–water partition coefficient (Wildman–Crippen LogP) is 6.14. The molecule has 1 atom stereocenters. The Morgan fingerprint density at radius 3 is 2.64 bits per heavy atom. The lowest BCUT2D eigenvalue weighted by Gasteiger charge is -2.16. The third kappa shape index (κ3) is 4.27. The zero-order valence-corrected chi connectivity index (χ0v) is 22.0. The van der Waals surface area contributed by atoms with Crippen LogP contribution in [-0.2, 0) is 22.0 Å². The van der Waals surface area contributed by atoms with Crippen LogP contribution in [0.2, 0.25) is 0 Å². The molecular weight excluding hydrogens is 494 g/mol. The highest BCUT2D eigenvalue weighted by molar-refractivity contribution is 7.38. The van der Waals surface area contributed by atoms with Gasteiger partial charge in [0.15, 0.2) is 0 Å². The smallest absolute Gasteiger partial charge is 0.413 e. The number of nitrogens with one attached hydrogen (secondary N) is 1. The summed E-state index contributed by atoms with van der Waals surface area (Å²) < 4.78 is 8.22. The molecule has 3 heterocycles. The van der Waals surface area contributed by atoms with Crippen LogP contribution in [-0.4, -0.2) is 26.9 Å². The van der Waals surface area contributed by atoms with Crippen LogP contribution >= 0.6 is 22.7 Å². The van der Waals surface area contributed by atoms with E-state index in [1.54, 1.807) is 40.6 Å². The Bertz CT molecular complexity index is 1560. The van der Waals surface area contributed by atoms with Crippen LogP contribution in [0.1, 0.15) is 57.9 Å². The summed E-state index contributed by atoms with van der Waals surface area (Å²) in [4.78, 5) is 26.2. The first-order valence-electron chi connectivity index (χ1n) is 11.5. The van der Waals surface area contributed by atoms with Crippen molar-refractivity contribution >= 4 is 50.0 Å². The fraction of sp³-hybridized carbons (Fsp3) is 0.296. The summed E-state index contributed by atoms with van der Waals surface area (Å²) in [5.74, 6) is 6.01. The molecule has 1 aliphatic carbocycles. The molecule has 4 aromatic rings. The zero-order chi connectivity index (χ0) is 25.6. The summed E-state index contributed by atoms with van der Waals surface area (Å²) in [5.41, 5.74) is 2.92. The van der Waals surface area contributed by atoms with Crippen molar-refractivity contribution in [2.75, 3.05) is 5.32 Å². The normalized spacial score (nSPS) is 14.7. The summed E-state index contributed by atoms with van der Waals surface area (Å²) in [5, 5.41) is 17.7. The van der Waals surface area contributed by atoms with E-state index >= 15 is 0 Å². The van der Waals surface area contributed by atoms with Gasteiger partial charge in [0, 0.05) is 17.3 Å². The van der Waals surface area contributed by atoms with Gasteiger partial charge in [0.05, 0.1) is 20.7 Å². The van der Waals surface area contributed by atoms with Gasteiger partial charge in [-0.15, -0.1) is 22.7 Å². The number of amides is 1. The van der Waals surface area contributed by atoms with Crippen LogP contribution in [0.5, 0.6) is 0 Å². The van der Waals surface area contributed by atoms with Gasteiger partial charge < -0.3 is 9.84 Å². The molecule has 36 heavy (non-hydrogen) atoms. The lowest BCUT2D eigenvalue weighted by atomic mass is 10.0. The number of thiophene rings is 2. The Balaban J connectivity index is 1.33. The fourth-order valence-electron chi connectivity index (χ4n) is 4.38. The number of aromatic nitrogens is 2. The molecule has 1 unspecified atom stereocenters. The van der Waals surface area contributed by atoms with Gasteiger partial charge in [0.25, 0.3) is 0 Å². The number of carboxylic acid groups (broad SMARTS) is 1. The Hall–Kier alpha value is -3.61. The Labute approximate surface area is 216 Å². The molecule has 0 spiro atoms. The third-order valence-electron chi connectivity index (χ3n) is 6.62. The molecule has 3 aromatic heterocycles. The molecule has 1 aliphatic rings. The van der Waals surface area contributed by atoms with Crippen molar-refractivity contribution in [1.29, 1.82) is 0 Å². The first kappa shape index (κ1) is 24.1. The van der Waals surface area contributed by atoms with Gasteiger partial charge in [-0.25, -0.2) is 4.79 Å². The number of carbonyl (C=O) groups excluding carboxylic acids is 1. The number of aryl methyl sites for hydroxylation is 3. The molecule has 0 bridgehead atoms. The summed E-state index contributed by atoms with van der Waals surface area (Å²) in [6.07, 6.45) is 2.02. The maximum Gasteiger partial charge on any atom is 0.413 e. The van der Waals surface area contributed by atoms with E-state index in [1.165, 1.54) is 0 Å². The van der Waals surface area contributed by atoms with E-state index in [1.807, 2.05) is 51.1 Å². The standard InChI is InChI=1S/C27H25N3O4S2/c1-15-7-5-6-8-20(15)17(3)34-26(33)29-23-18(14-28-30(23)4)9-10-19-13-21-16(2)22(36-24(21)35-19)27(11-12-27)25(31)32/h5-8,13-14,17H,11-12H2,1-4H3,(H,29,33)(H,31,32). The molecule has 1 fully saturated rings. The molecule has 7 nitrogen and oxygen atoms in total. The number of fused-ring (bicyclic) bond motifs is 1. The first-order chi connectivity index (χ1) is 17.2. The maximum atomic E-state index is 12.6. The first-order valence-corrected chi connectivity index (χ1v) is 13.2. The van der Waals surface area contributed by atoms with Gasteiger partial charge in [0.1, 0.15) is 17.3 Å². The second kappa shape index (κ2) is 9.12. The molecule has 1 saturated carbocycles. The van der Waals surface area contributed by atoms with Crippen molar-refractivity contribution in [3.05, 3.63) is 68.5 Å². The van der Waals surface area contributed by atoms with E-state index in [0.29, 0.717) is 24.2 Å². The van der Waals surface area contributed by atoms with Gasteiger partial charge >= 0.3 is 12.1 Å². The second-order valence-electron chi connectivity index (χ2n) is 9.06. The van der Waals surface area contributed by atoms with Gasteiger partial charge in [-0.05, 0) is 56.4 Å². The van der Waals surface area contributed by atoms with Crippen LogP contribution < -0.4 is 5.32 Å². The van der Waals surface area contributed by atoms with Gasteiger partial charge in [0.2, 0.25) is 0 Å². The molecular formula is C27H25N3O4S2. The van der Waals surface area contributed by atoms with Crippen molar-refractivity contribution in [2.45, 2.75) is 45.1 Å². The van der Waals surface area contributed by atoms with Gasteiger partial charge in [-0.3, -0.25) is 14.8 Å². The van der Waals surface area contributed by atoms with E-state index in [9.17, 15) is 14.7 Å². The summed E-state index contributed by atoms with van der Waals surface area (Å²) in [6, 6.07) is 9.80. The molecule has 9 heteroatoms. The Kier molecular flexibility index (Phi) is 6.10. The van der Waals surface area contributed by atoms with Crippen LogP contribution in [0.3, 0.4) is 0 Å². The molecule has 0 aliphatic heterocycles. The monoisotopic (exact) mass is 519 g/mol. The lowest BCUT2D eigenvalue weighted by molar-refractivity contribution is -0.139. The molecule has 1 amide bonds. The summed E-state index contributed by atoms with van der Waals surface area (Å²) in [7, 11) is 1.73. The molecule has 5 rings (SSSR count). The van der Waals surface area contributed by atoms with Crippen LogP contribution in [0, 0.1) is 25.7 Å². The average Bonchev–Trinajstić information content (AvgIpc) is 3.32. The topological polar surface area (TPSA) is 93.4 Å². The minimum absolute atomic E-state index is 0.406. The number of rotatable bonds is 5. The third-order valence-corrected chi connectivity index (χ3v) is 9.27. The Morgan fingerprint density at radius 1 is 1.22 bits per heavy atom. The largest absolute Gasteiger partial charge is 0.481 e. The number of ether oxygens (including phenoxy) is 1. The molecule has 184 valence electrons.